The molecular formula is C22H16ClNO. The maximum atomic E-state index is 6.43. The van der Waals surface area contributed by atoms with Crippen molar-refractivity contribution in [2.45, 2.75) is 6.92 Å². The zero-order valence-electron chi connectivity index (χ0n) is 13.7. The van der Waals surface area contributed by atoms with E-state index >= 15 is 0 Å². The van der Waals surface area contributed by atoms with Gasteiger partial charge in [-0.05, 0) is 24.1 Å². The van der Waals surface area contributed by atoms with Crippen molar-refractivity contribution >= 4 is 11.6 Å². The number of rotatable bonds is 3. The number of aromatic nitrogens is 1. The lowest BCUT2D eigenvalue weighted by Gasteiger charge is -2.09. The molecule has 0 fully saturated rings. The second-order valence-electron chi connectivity index (χ2n) is 5.90. The maximum absolute atomic E-state index is 6.43. The zero-order valence-corrected chi connectivity index (χ0v) is 14.5. The Morgan fingerprint density at radius 1 is 0.760 bits per heavy atom. The van der Waals surface area contributed by atoms with E-state index in [1.807, 2.05) is 66.7 Å². The first-order valence-electron chi connectivity index (χ1n) is 8.11. The van der Waals surface area contributed by atoms with Crippen molar-refractivity contribution in [3.63, 3.8) is 0 Å². The third kappa shape index (κ3) is 2.86. The van der Waals surface area contributed by atoms with Crippen LogP contribution in [0.25, 0.3) is 33.7 Å². The van der Waals surface area contributed by atoms with Gasteiger partial charge in [-0.25, -0.2) is 0 Å². The van der Waals surface area contributed by atoms with E-state index in [2.05, 4.69) is 24.2 Å². The van der Waals surface area contributed by atoms with E-state index in [1.54, 1.807) is 0 Å². The minimum Gasteiger partial charge on any atom is -0.355 e. The van der Waals surface area contributed by atoms with Crippen LogP contribution in [-0.2, 0) is 0 Å². The molecular weight excluding hydrogens is 330 g/mol. The van der Waals surface area contributed by atoms with Gasteiger partial charge in [-0.3, -0.25) is 0 Å². The molecule has 0 saturated carbocycles. The van der Waals surface area contributed by atoms with Gasteiger partial charge in [0.15, 0.2) is 5.76 Å². The zero-order chi connectivity index (χ0) is 17.2. The molecule has 0 unspecified atom stereocenters. The molecule has 4 aromatic rings. The van der Waals surface area contributed by atoms with E-state index in [1.165, 1.54) is 0 Å². The number of halogens is 1. The summed E-state index contributed by atoms with van der Waals surface area (Å²) in [7, 11) is 0. The van der Waals surface area contributed by atoms with Gasteiger partial charge in [0.25, 0.3) is 0 Å². The molecule has 1 aromatic heterocycles. The fourth-order valence-electron chi connectivity index (χ4n) is 3.02. The minimum atomic E-state index is 0.658. The quantitative estimate of drug-likeness (QED) is 0.416. The second kappa shape index (κ2) is 6.58. The van der Waals surface area contributed by atoms with Crippen LogP contribution in [0.1, 0.15) is 5.56 Å². The van der Waals surface area contributed by atoms with Gasteiger partial charge in [-0.15, -0.1) is 0 Å². The van der Waals surface area contributed by atoms with Crippen molar-refractivity contribution in [1.82, 2.24) is 5.16 Å². The fourth-order valence-corrected chi connectivity index (χ4v) is 3.24. The molecule has 0 bridgehead atoms. The Hall–Kier alpha value is -2.84. The molecule has 0 amide bonds. The molecule has 0 aliphatic rings. The fraction of sp³-hybridized carbons (Fsp3) is 0.0455. The molecule has 2 nitrogen and oxygen atoms in total. The van der Waals surface area contributed by atoms with Gasteiger partial charge in [0.1, 0.15) is 5.69 Å². The predicted molar refractivity (Wildman–Crippen MR) is 103 cm³/mol. The van der Waals surface area contributed by atoms with Crippen molar-refractivity contribution in [1.29, 1.82) is 0 Å². The number of nitrogens with zero attached hydrogens (tertiary/aromatic N) is 1. The Morgan fingerprint density at radius 2 is 1.40 bits per heavy atom. The maximum Gasteiger partial charge on any atom is 0.175 e. The molecule has 122 valence electrons. The van der Waals surface area contributed by atoms with Gasteiger partial charge in [0.05, 0.1) is 10.6 Å². The molecule has 0 saturated heterocycles. The van der Waals surface area contributed by atoms with Gasteiger partial charge in [0, 0.05) is 11.1 Å². The summed E-state index contributed by atoms with van der Waals surface area (Å²) >= 11 is 6.43. The molecule has 0 atom stereocenters. The van der Waals surface area contributed by atoms with Crippen LogP contribution in [0, 0.1) is 6.92 Å². The van der Waals surface area contributed by atoms with Crippen molar-refractivity contribution in [2.24, 2.45) is 0 Å². The summed E-state index contributed by atoms with van der Waals surface area (Å²) in [6, 6.07) is 26.0. The summed E-state index contributed by atoms with van der Waals surface area (Å²) < 4.78 is 5.79. The summed E-state index contributed by atoms with van der Waals surface area (Å²) in [5, 5.41) is 5.04. The third-order valence-corrected chi connectivity index (χ3v) is 4.60. The molecule has 4 rings (SSSR count). The Labute approximate surface area is 151 Å². The molecule has 3 aromatic carbocycles. The van der Waals surface area contributed by atoms with E-state index in [4.69, 9.17) is 16.1 Å². The Bertz CT molecular complexity index is 1020. The van der Waals surface area contributed by atoms with Gasteiger partial charge in [0.2, 0.25) is 0 Å². The van der Waals surface area contributed by atoms with Crippen LogP contribution in [0.3, 0.4) is 0 Å². The van der Waals surface area contributed by atoms with Crippen molar-refractivity contribution in [3.8, 4) is 33.7 Å². The first kappa shape index (κ1) is 15.7. The van der Waals surface area contributed by atoms with Gasteiger partial charge >= 0.3 is 0 Å². The number of benzene rings is 3. The summed E-state index contributed by atoms with van der Waals surface area (Å²) in [6.45, 7) is 2.09. The van der Waals surface area contributed by atoms with E-state index in [9.17, 15) is 0 Å². The topological polar surface area (TPSA) is 26.0 Å². The normalized spacial score (nSPS) is 10.8. The average molecular weight is 346 g/mol. The van der Waals surface area contributed by atoms with Crippen LogP contribution >= 0.6 is 11.6 Å². The lowest BCUT2D eigenvalue weighted by Crippen LogP contribution is -1.88. The van der Waals surface area contributed by atoms with Crippen LogP contribution in [0.15, 0.2) is 83.4 Å². The van der Waals surface area contributed by atoms with Gasteiger partial charge < -0.3 is 4.52 Å². The average Bonchev–Trinajstić information content (AvgIpc) is 3.08. The summed E-state index contributed by atoms with van der Waals surface area (Å²) in [5.74, 6) is 0.754. The summed E-state index contributed by atoms with van der Waals surface area (Å²) in [4.78, 5) is 0. The first-order chi connectivity index (χ1) is 12.3. The lowest BCUT2D eigenvalue weighted by atomic mass is 9.93. The highest BCUT2D eigenvalue weighted by atomic mass is 35.5. The Morgan fingerprint density at radius 3 is 2.12 bits per heavy atom. The van der Waals surface area contributed by atoms with Gasteiger partial charge in [-0.2, -0.15) is 0 Å². The molecule has 0 spiro atoms. The Balaban J connectivity index is 2.03. The van der Waals surface area contributed by atoms with Crippen molar-refractivity contribution in [3.05, 3.63) is 89.4 Å². The SMILES string of the molecule is Cc1ccccc1-c1c(-c2ccccc2Cl)noc1-c1ccccc1. The molecule has 3 heteroatoms. The summed E-state index contributed by atoms with van der Waals surface area (Å²) in [5.41, 5.74) is 5.85. The molecule has 0 radical (unpaired) electrons. The number of hydrogen-bond acceptors (Lipinski definition) is 2. The summed E-state index contributed by atoms with van der Waals surface area (Å²) in [6.07, 6.45) is 0. The standard InChI is InChI=1S/C22H16ClNO/c1-15-9-5-6-12-17(15)20-21(18-13-7-8-14-19(18)23)24-25-22(20)16-10-3-2-4-11-16/h2-14H,1H3. The minimum absolute atomic E-state index is 0.658. The molecule has 0 aliphatic carbocycles. The lowest BCUT2D eigenvalue weighted by molar-refractivity contribution is 0.435. The van der Waals surface area contributed by atoms with Crippen LogP contribution in [0.2, 0.25) is 5.02 Å². The smallest absolute Gasteiger partial charge is 0.175 e. The first-order valence-corrected chi connectivity index (χ1v) is 8.49. The molecule has 25 heavy (non-hydrogen) atoms. The van der Waals surface area contributed by atoms with Gasteiger partial charge in [-0.1, -0.05) is 89.6 Å². The molecule has 0 aliphatic heterocycles. The number of aryl methyl sites for hydroxylation is 1. The highest BCUT2D eigenvalue weighted by Gasteiger charge is 2.22. The largest absolute Gasteiger partial charge is 0.355 e. The van der Waals surface area contributed by atoms with Crippen LogP contribution in [0.4, 0.5) is 0 Å². The molecule has 0 N–H and O–H groups in total. The highest BCUT2D eigenvalue weighted by Crippen LogP contribution is 2.42. The van der Waals surface area contributed by atoms with Crippen LogP contribution < -0.4 is 0 Å². The highest BCUT2D eigenvalue weighted by molar-refractivity contribution is 6.33. The van der Waals surface area contributed by atoms with Crippen LogP contribution in [0.5, 0.6) is 0 Å². The molecule has 1 heterocycles. The van der Waals surface area contributed by atoms with E-state index in [-0.39, 0.29) is 0 Å². The van der Waals surface area contributed by atoms with E-state index in [0.29, 0.717) is 5.02 Å². The Kier molecular flexibility index (Phi) is 4.12. The monoisotopic (exact) mass is 345 g/mol. The van der Waals surface area contributed by atoms with E-state index < -0.39 is 0 Å². The third-order valence-electron chi connectivity index (χ3n) is 4.27. The second-order valence-corrected chi connectivity index (χ2v) is 6.30. The predicted octanol–water partition coefficient (Wildman–Crippen LogP) is 6.64. The number of hydrogen-bond donors (Lipinski definition) is 0. The van der Waals surface area contributed by atoms with Crippen LogP contribution in [-0.4, -0.2) is 5.16 Å². The van der Waals surface area contributed by atoms with E-state index in [0.717, 1.165) is 39.3 Å². The van der Waals surface area contributed by atoms with Crippen molar-refractivity contribution < 1.29 is 4.52 Å². The van der Waals surface area contributed by atoms with Crippen molar-refractivity contribution in [2.75, 3.05) is 0 Å².